The highest BCUT2D eigenvalue weighted by Gasteiger charge is 2.21. The predicted molar refractivity (Wildman–Crippen MR) is 119 cm³/mol. The zero-order chi connectivity index (χ0) is 21.5. The number of hydrogen-bond donors (Lipinski definition) is 1. The predicted octanol–water partition coefficient (Wildman–Crippen LogP) is 5.78. The van der Waals surface area contributed by atoms with Crippen LogP contribution in [0.25, 0.3) is 32.9 Å². The highest BCUT2D eigenvalue weighted by atomic mass is 32.1. The number of pyridine rings is 1. The molecule has 1 amide bonds. The molecule has 0 spiro atoms. The zero-order valence-electron chi connectivity index (χ0n) is 17.1. The molecule has 0 aliphatic heterocycles. The van der Waals surface area contributed by atoms with Gasteiger partial charge < -0.3 is 14.3 Å². The number of hydrogen-bond acceptors (Lipinski definition) is 7. The number of benzene rings is 1. The van der Waals surface area contributed by atoms with Crippen molar-refractivity contribution >= 4 is 34.0 Å². The lowest BCUT2D eigenvalue weighted by Gasteiger charge is -2.09. The van der Waals surface area contributed by atoms with Crippen molar-refractivity contribution in [2.75, 3.05) is 5.32 Å². The van der Waals surface area contributed by atoms with Crippen molar-refractivity contribution in [3.8, 4) is 21.8 Å². The van der Waals surface area contributed by atoms with Crippen LogP contribution in [-0.4, -0.2) is 21.0 Å². The molecule has 0 aliphatic rings. The molecule has 0 fully saturated rings. The van der Waals surface area contributed by atoms with E-state index in [1.807, 2.05) is 49.6 Å². The van der Waals surface area contributed by atoms with E-state index in [4.69, 9.17) is 8.94 Å². The lowest BCUT2D eigenvalue weighted by atomic mass is 10.1. The van der Waals surface area contributed by atoms with Gasteiger partial charge in [0.1, 0.15) is 16.5 Å². The number of aromatic nitrogens is 3. The normalized spacial score (nSPS) is 11.2. The van der Waals surface area contributed by atoms with Crippen molar-refractivity contribution in [1.29, 1.82) is 0 Å². The number of carbonyl (C=O) groups is 1. The van der Waals surface area contributed by atoms with E-state index in [9.17, 15) is 4.79 Å². The minimum Gasteiger partial charge on any atom is -0.466 e. The molecule has 8 heteroatoms. The van der Waals surface area contributed by atoms with Crippen LogP contribution >= 0.6 is 11.3 Å². The first kappa shape index (κ1) is 19.2. The van der Waals surface area contributed by atoms with Crippen LogP contribution in [0.4, 0.5) is 5.69 Å². The number of thiazole rings is 1. The van der Waals surface area contributed by atoms with Gasteiger partial charge in [0.2, 0.25) is 0 Å². The third-order valence-electron chi connectivity index (χ3n) is 4.98. The number of fused-ring (bicyclic) bond motifs is 1. The minimum absolute atomic E-state index is 0.269. The summed E-state index contributed by atoms with van der Waals surface area (Å²) in [6.45, 7) is 5.53. The second-order valence-electron chi connectivity index (χ2n) is 7.20. The number of carbonyl (C=O) groups excluding carboxylic acids is 1. The molecule has 31 heavy (non-hydrogen) atoms. The van der Waals surface area contributed by atoms with E-state index in [-0.39, 0.29) is 5.91 Å². The van der Waals surface area contributed by atoms with E-state index < -0.39 is 0 Å². The van der Waals surface area contributed by atoms with Crippen LogP contribution in [0.15, 0.2) is 56.9 Å². The smallest absolute Gasteiger partial charge is 0.259 e. The maximum atomic E-state index is 13.3. The Balaban J connectivity index is 1.56. The zero-order valence-corrected chi connectivity index (χ0v) is 17.9. The minimum atomic E-state index is -0.269. The summed E-state index contributed by atoms with van der Waals surface area (Å²) in [6, 6.07) is 11.3. The van der Waals surface area contributed by atoms with Gasteiger partial charge in [-0.05, 0) is 45.0 Å². The van der Waals surface area contributed by atoms with Gasteiger partial charge in [-0.25, -0.2) is 9.97 Å². The van der Waals surface area contributed by atoms with Gasteiger partial charge in [0.05, 0.1) is 22.3 Å². The first-order valence-corrected chi connectivity index (χ1v) is 10.5. The maximum Gasteiger partial charge on any atom is 0.259 e. The summed E-state index contributed by atoms with van der Waals surface area (Å²) in [4.78, 5) is 22.2. The number of amides is 1. The molecule has 4 aromatic heterocycles. The maximum absolute atomic E-state index is 13.3. The van der Waals surface area contributed by atoms with Crippen molar-refractivity contribution in [3.63, 3.8) is 0 Å². The van der Waals surface area contributed by atoms with E-state index in [1.165, 1.54) is 0 Å². The van der Waals surface area contributed by atoms with E-state index in [2.05, 4.69) is 20.4 Å². The van der Waals surface area contributed by atoms with Crippen molar-refractivity contribution in [2.24, 2.45) is 0 Å². The Morgan fingerprint density at radius 1 is 1.13 bits per heavy atom. The number of furan rings is 1. The van der Waals surface area contributed by atoms with Gasteiger partial charge in [0.15, 0.2) is 0 Å². The molecule has 0 saturated heterocycles. The third-order valence-corrected chi connectivity index (χ3v) is 5.80. The van der Waals surface area contributed by atoms with Crippen LogP contribution in [0.5, 0.6) is 0 Å². The molecule has 7 nitrogen and oxygen atoms in total. The van der Waals surface area contributed by atoms with Gasteiger partial charge in [-0.2, -0.15) is 0 Å². The van der Waals surface area contributed by atoms with Crippen LogP contribution in [0.1, 0.15) is 27.6 Å². The Morgan fingerprint density at radius 3 is 2.74 bits per heavy atom. The molecular formula is C23H18N4O3S. The standard InChI is InChI=1S/C23H18N4O3S/c1-12-9-17(14(3)29-12)19-11-18(20-13(2)27-30-22(20)26-19)21(28)25-16-6-4-5-15(10-16)23-24-7-8-31-23/h4-11H,1-3H3,(H,25,28). The average Bonchev–Trinajstić information content (AvgIpc) is 3.48. The molecule has 5 rings (SSSR count). The molecule has 5 aromatic rings. The van der Waals surface area contributed by atoms with E-state index in [0.717, 1.165) is 27.7 Å². The van der Waals surface area contributed by atoms with Gasteiger partial charge in [-0.3, -0.25) is 4.79 Å². The summed E-state index contributed by atoms with van der Waals surface area (Å²) in [5, 5.41) is 10.4. The topological polar surface area (TPSA) is 94.1 Å². The Morgan fingerprint density at radius 2 is 2.00 bits per heavy atom. The first-order chi connectivity index (χ1) is 15.0. The van der Waals surface area contributed by atoms with Crippen molar-refractivity contribution < 1.29 is 13.7 Å². The second kappa shape index (κ2) is 7.48. The summed E-state index contributed by atoms with van der Waals surface area (Å²) in [6.07, 6.45) is 1.76. The molecule has 0 radical (unpaired) electrons. The molecule has 0 saturated carbocycles. The molecule has 0 aliphatic carbocycles. The van der Waals surface area contributed by atoms with Gasteiger partial charge in [0.25, 0.3) is 11.6 Å². The van der Waals surface area contributed by atoms with Crippen molar-refractivity contribution in [3.05, 3.63) is 70.8 Å². The van der Waals surface area contributed by atoms with E-state index in [0.29, 0.717) is 33.7 Å². The summed E-state index contributed by atoms with van der Waals surface area (Å²) < 4.78 is 11.0. The van der Waals surface area contributed by atoms with Gasteiger partial charge in [-0.1, -0.05) is 17.3 Å². The van der Waals surface area contributed by atoms with Crippen LogP contribution in [0.2, 0.25) is 0 Å². The molecule has 0 unspecified atom stereocenters. The number of aryl methyl sites for hydroxylation is 3. The SMILES string of the molecule is Cc1cc(-c2cc(C(=O)Nc3cccc(-c4nccs4)c3)c3c(C)noc3n2)c(C)o1. The van der Waals surface area contributed by atoms with E-state index >= 15 is 0 Å². The summed E-state index contributed by atoms with van der Waals surface area (Å²) in [7, 11) is 0. The second-order valence-corrected chi connectivity index (χ2v) is 8.10. The van der Waals surface area contributed by atoms with Crippen molar-refractivity contribution in [1.82, 2.24) is 15.1 Å². The summed E-state index contributed by atoms with van der Waals surface area (Å²) in [5.74, 6) is 1.23. The van der Waals surface area contributed by atoms with Crippen LogP contribution < -0.4 is 5.32 Å². The van der Waals surface area contributed by atoms with Gasteiger partial charge in [0, 0.05) is 28.4 Å². The van der Waals surface area contributed by atoms with Crippen molar-refractivity contribution in [2.45, 2.75) is 20.8 Å². The Kier molecular flexibility index (Phi) is 4.63. The number of anilines is 1. The van der Waals surface area contributed by atoms with E-state index in [1.54, 1.807) is 30.5 Å². The van der Waals surface area contributed by atoms with Gasteiger partial charge >= 0.3 is 0 Å². The quantitative estimate of drug-likeness (QED) is 0.388. The Bertz CT molecular complexity index is 1420. The highest BCUT2D eigenvalue weighted by Crippen LogP contribution is 2.31. The molecule has 0 bridgehead atoms. The fraction of sp³-hybridized carbons (Fsp3) is 0.130. The van der Waals surface area contributed by atoms with Gasteiger partial charge in [-0.15, -0.1) is 11.3 Å². The molecule has 0 atom stereocenters. The fourth-order valence-corrected chi connectivity index (χ4v) is 4.23. The average molecular weight is 430 g/mol. The Hall–Kier alpha value is -3.78. The lowest BCUT2D eigenvalue weighted by Crippen LogP contribution is -2.13. The largest absolute Gasteiger partial charge is 0.466 e. The van der Waals surface area contributed by atoms with Crippen LogP contribution in [0, 0.1) is 20.8 Å². The monoisotopic (exact) mass is 430 g/mol. The van der Waals surface area contributed by atoms with Crippen LogP contribution in [0.3, 0.4) is 0 Å². The molecule has 4 heterocycles. The summed E-state index contributed by atoms with van der Waals surface area (Å²) >= 11 is 1.55. The molecule has 1 N–H and O–H groups in total. The molecular weight excluding hydrogens is 412 g/mol. The highest BCUT2D eigenvalue weighted by molar-refractivity contribution is 7.13. The number of nitrogens with zero attached hydrogens (tertiary/aromatic N) is 3. The fourth-order valence-electron chi connectivity index (χ4n) is 3.59. The number of nitrogens with one attached hydrogen (secondary N) is 1. The number of rotatable bonds is 4. The Labute approximate surface area is 181 Å². The lowest BCUT2D eigenvalue weighted by molar-refractivity contribution is 0.102. The first-order valence-electron chi connectivity index (χ1n) is 9.65. The third kappa shape index (κ3) is 3.51. The molecule has 1 aromatic carbocycles. The molecule has 154 valence electrons. The summed E-state index contributed by atoms with van der Waals surface area (Å²) in [5.41, 5.74) is 4.39. The van der Waals surface area contributed by atoms with Crippen LogP contribution in [-0.2, 0) is 0 Å².